The minimum Gasteiger partial charge on any atom is -0.335 e. The topological polar surface area (TPSA) is 63.6 Å². The Hall–Kier alpha value is -2.14. The number of rotatable bonds is 3. The Balaban J connectivity index is 2.05. The number of nitrogens with one attached hydrogen (secondary N) is 1. The average Bonchev–Trinajstić information content (AvgIpc) is 2.87. The van der Waals surface area contributed by atoms with E-state index in [0.717, 1.165) is 12.4 Å². The Bertz CT molecular complexity index is 821. The van der Waals surface area contributed by atoms with Gasteiger partial charge in [0.15, 0.2) is 0 Å². The van der Waals surface area contributed by atoms with Crippen LogP contribution in [0.4, 0.5) is 0 Å². The van der Waals surface area contributed by atoms with Crippen molar-refractivity contribution in [2.75, 3.05) is 0 Å². The predicted molar refractivity (Wildman–Crippen MR) is 78.1 cm³/mol. The maximum atomic E-state index is 12.1. The van der Waals surface area contributed by atoms with Crippen molar-refractivity contribution in [1.29, 1.82) is 0 Å². The highest BCUT2D eigenvalue weighted by Gasteiger charge is 2.08. The average molecular weight is 289 g/mol. The first-order chi connectivity index (χ1) is 9.67. The number of imidazole rings is 1. The molecule has 5 nitrogen and oxygen atoms in total. The Kier molecular flexibility index (Phi) is 3.28. The molecule has 0 spiro atoms. The minimum absolute atomic E-state index is 0.179. The van der Waals surface area contributed by atoms with Crippen LogP contribution < -0.4 is 5.56 Å². The van der Waals surface area contributed by atoms with E-state index in [-0.39, 0.29) is 5.56 Å². The van der Waals surface area contributed by atoms with E-state index in [1.165, 1.54) is 0 Å². The molecule has 0 aliphatic carbocycles. The van der Waals surface area contributed by atoms with Gasteiger partial charge in [-0.3, -0.25) is 4.79 Å². The third-order valence-electron chi connectivity index (χ3n) is 3.18. The Morgan fingerprint density at radius 3 is 3.05 bits per heavy atom. The van der Waals surface area contributed by atoms with E-state index in [4.69, 9.17) is 11.6 Å². The standard InChI is InChI=1S/C14H13ClN4O/c1-2-19-6-5-16-13(19)8-12-17-11-4-3-9(15)7-10(11)14(20)18-12/h3-7H,2,8H2,1H3,(H,17,18,20). The molecule has 0 unspecified atom stereocenters. The number of H-pyrrole nitrogens is 1. The Morgan fingerprint density at radius 1 is 1.40 bits per heavy atom. The maximum absolute atomic E-state index is 12.1. The molecular weight excluding hydrogens is 276 g/mol. The number of fused-ring (bicyclic) bond motifs is 1. The summed E-state index contributed by atoms with van der Waals surface area (Å²) < 4.78 is 2.02. The summed E-state index contributed by atoms with van der Waals surface area (Å²) in [6, 6.07) is 5.11. The van der Waals surface area contributed by atoms with E-state index in [0.29, 0.717) is 28.2 Å². The normalized spacial score (nSPS) is 11.1. The second kappa shape index (κ2) is 5.09. The largest absolute Gasteiger partial charge is 0.335 e. The first-order valence-corrected chi connectivity index (χ1v) is 6.73. The summed E-state index contributed by atoms with van der Waals surface area (Å²) in [4.78, 5) is 23.6. The molecular formula is C14H13ClN4O. The molecule has 2 aromatic heterocycles. The highest BCUT2D eigenvalue weighted by atomic mass is 35.5. The number of aromatic amines is 1. The fraction of sp³-hybridized carbons (Fsp3) is 0.214. The van der Waals surface area contributed by atoms with E-state index < -0.39 is 0 Å². The van der Waals surface area contributed by atoms with Gasteiger partial charge in [-0.1, -0.05) is 11.6 Å². The number of nitrogens with zero attached hydrogens (tertiary/aromatic N) is 3. The van der Waals surface area contributed by atoms with Crippen molar-refractivity contribution < 1.29 is 0 Å². The molecule has 0 atom stereocenters. The second-order valence-electron chi connectivity index (χ2n) is 4.48. The summed E-state index contributed by atoms with van der Waals surface area (Å²) in [5.41, 5.74) is 0.463. The van der Waals surface area contributed by atoms with Crippen LogP contribution in [0.5, 0.6) is 0 Å². The van der Waals surface area contributed by atoms with Gasteiger partial charge in [0, 0.05) is 24.0 Å². The van der Waals surface area contributed by atoms with E-state index in [1.807, 2.05) is 17.7 Å². The molecule has 0 aliphatic rings. The van der Waals surface area contributed by atoms with Gasteiger partial charge in [0.1, 0.15) is 11.6 Å². The first kappa shape index (κ1) is 12.9. The second-order valence-corrected chi connectivity index (χ2v) is 4.92. The van der Waals surface area contributed by atoms with E-state index in [9.17, 15) is 4.79 Å². The first-order valence-electron chi connectivity index (χ1n) is 6.36. The molecule has 102 valence electrons. The number of aromatic nitrogens is 4. The van der Waals surface area contributed by atoms with Gasteiger partial charge in [-0.05, 0) is 25.1 Å². The fourth-order valence-corrected chi connectivity index (χ4v) is 2.36. The zero-order chi connectivity index (χ0) is 14.1. The summed E-state index contributed by atoms with van der Waals surface area (Å²) in [7, 11) is 0. The van der Waals surface area contributed by atoms with Crippen LogP contribution in [-0.4, -0.2) is 19.5 Å². The summed E-state index contributed by atoms with van der Waals surface area (Å²) in [6.07, 6.45) is 4.15. The van der Waals surface area contributed by atoms with Gasteiger partial charge in [-0.15, -0.1) is 0 Å². The van der Waals surface area contributed by atoms with Crippen molar-refractivity contribution in [3.63, 3.8) is 0 Å². The summed E-state index contributed by atoms with van der Waals surface area (Å²) >= 11 is 5.89. The highest BCUT2D eigenvalue weighted by molar-refractivity contribution is 6.31. The number of hydrogen-bond donors (Lipinski definition) is 1. The summed E-state index contributed by atoms with van der Waals surface area (Å²) in [5, 5.41) is 1.03. The monoisotopic (exact) mass is 288 g/mol. The molecule has 0 radical (unpaired) electrons. The van der Waals surface area contributed by atoms with Gasteiger partial charge in [-0.2, -0.15) is 0 Å². The SMILES string of the molecule is CCn1ccnc1Cc1nc2ccc(Cl)cc2c(=O)[nH]1. The van der Waals surface area contributed by atoms with Crippen molar-refractivity contribution in [3.8, 4) is 0 Å². The lowest BCUT2D eigenvalue weighted by atomic mass is 10.2. The van der Waals surface area contributed by atoms with Crippen molar-refractivity contribution in [3.05, 3.63) is 57.6 Å². The lowest BCUT2D eigenvalue weighted by Crippen LogP contribution is -2.13. The van der Waals surface area contributed by atoms with E-state index in [1.54, 1.807) is 24.4 Å². The minimum atomic E-state index is -0.179. The van der Waals surface area contributed by atoms with Crippen molar-refractivity contribution in [2.45, 2.75) is 19.9 Å². The zero-order valence-electron chi connectivity index (χ0n) is 10.9. The van der Waals surface area contributed by atoms with E-state index in [2.05, 4.69) is 15.0 Å². The molecule has 0 saturated heterocycles. The molecule has 2 heterocycles. The molecule has 0 fully saturated rings. The van der Waals surface area contributed by atoms with Gasteiger partial charge in [-0.25, -0.2) is 9.97 Å². The zero-order valence-corrected chi connectivity index (χ0v) is 11.7. The molecule has 0 aliphatic heterocycles. The number of benzene rings is 1. The molecule has 0 amide bonds. The van der Waals surface area contributed by atoms with Crippen LogP contribution >= 0.6 is 11.6 Å². The maximum Gasteiger partial charge on any atom is 0.258 e. The van der Waals surface area contributed by atoms with Gasteiger partial charge >= 0.3 is 0 Å². The van der Waals surface area contributed by atoms with Crippen LogP contribution in [0.3, 0.4) is 0 Å². The van der Waals surface area contributed by atoms with Gasteiger partial charge < -0.3 is 9.55 Å². The van der Waals surface area contributed by atoms with Crippen LogP contribution in [-0.2, 0) is 13.0 Å². The summed E-state index contributed by atoms with van der Waals surface area (Å²) in [6.45, 7) is 2.88. The fourth-order valence-electron chi connectivity index (χ4n) is 2.19. The molecule has 6 heteroatoms. The van der Waals surface area contributed by atoms with Crippen LogP contribution in [0.15, 0.2) is 35.4 Å². The van der Waals surface area contributed by atoms with Crippen LogP contribution in [0, 0.1) is 0 Å². The highest BCUT2D eigenvalue weighted by Crippen LogP contribution is 2.15. The third-order valence-corrected chi connectivity index (χ3v) is 3.42. The summed E-state index contributed by atoms with van der Waals surface area (Å²) in [5.74, 6) is 1.48. The lowest BCUT2D eigenvalue weighted by Gasteiger charge is -2.05. The number of aryl methyl sites for hydroxylation is 1. The lowest BCUT2D eigenvalue weighted by molar-refractivity contribution is 0.703. The molecule has 20 heavy (non-hydrogen) atoms. The van der Waals surface area contributed by atoms with Crippen molar-refractivity contribution >= 4 is 22.5 Å². The molecule has 1 N–H and O–H groups in total. The number of hydrogen-bond acceptors (Lipinski definition) is 3. The molecule has 0 saturated carbocycles. The van der Waals surface area contributed by atoms with Crippen LogP contribution in [0.2, 0.25) is 5.02 Å². The molecule has 1 aromatic carbocycles. The van der Waals surface area contributed by atoms with Crippen LogP contribution in [0.25, 0.3) is 10.9 Å². The van der Waals surface area contributed by atoms with Crippen LogP contribution in [0.1, 0.15) is 18.6 Å². The smallest absolute Gasteiger partial charge is 0.258 e. The third kappa shape index (κ3) is 2.32. The van der Waals surface area contributed by atoms with Crippen molar-refractivity contribution in [1.82, 2.24) is 19.5 Å². The molecule has 3 rings (SSSR count). The van der Waals surface area contributed by atoms with Crippen molar-refractivity contribution in [2.24, 2.45) is 0 Å². The predicted octanol–water partition coefficient (Wildman–Crippen LogP) is 2.38. The molecule has 3 aromatic rings. The number of halogens is 1. The quantitative estimate of drug-likeness (QED) is 0.805. The van der Waals surface area contributed by atoms with Gasteiger partial charge in [0.05, 0.1) is 17.3 Å². The molecule has 0 bridgehead atoms. The van der Waals surface area contributed by atoms with E-state index >= 15 is 0 Å². The Labute approximate surface area is 120 Å². The van der Waals surface area contributed by atoms with Gasteiger partial charge in [0.25, 0.3) is 5.56 Å². The van der Waals surface area contributed by atoms with Gasteiger partial charge in [0.2, 0.25) is 0 Å². The Morgan fingerprint density at radius 2 is 2.25 bits per heavy atom.